The smallest absolute Gasteiger partial charge is 0.407 e. The zero-order valence-electron chi connectivity index (χ0n) is 20.4. The van der Waals surface area contributed by atoms with Gasteiger partial charge in [0.2, 0.25) is 11.1 Å². The third kappa shape index (κ3) is 5.04. The summed E-state index contributed by atoms with van der Waals surface area (Å²) in [4.78, 5) is 47.7. The Kier molecular flexibility index (Phi) is 7.89. The van der Waals surface area contributed by atoms with Gasteiger partial charge in [0.15, 0.2) is 0 Å². The number of halogens is 2. The fraction of sp³-hybridized carbons (Fsp3) is 0.458. The summed E-state index contributed by atoms with van der Waals surface area (Å²) in [6, 6.07) is 6.47. The van der Waals surface area contributed by atoms with Crippen molar-refractivity contribution in [1.82, 2.24) is 14.9 Å². The highest BCUT2D eigenvalue weighted by molar-refractivity contribution is 6.30. The Morgan fingerprint density at radius 1 is 1.34 bits per heavy atom. The van der Waals surface area contributed by atoms with E-state index in [2.05, 4.69) is 9.97 Å². The molecular weight excluding hydrogens is 539 g/mol. The summed E-state index contributed by atoms with van der Waals surface area (Å²) in [5.74, 6) is -0.671. The van der Waals surface area contributed by atoms with Gasteiger partial charge in [0.25, 0.3) is 0 Å². The van der Waals surface area contributed by atoms with Crippen molar-refractivity contribution < 1.29 is 24.4 Å². The zero-order chi connectivity index (χ0) is 27.6. The monoisotopic (exact) mass is 562 g/mol. The highest BCUT2D eigenvalue weighted by atomic mass is 35.5. The first-order valence-corrected chi connectivity index (χ1v) is 12.6. The number of amides is 1. The van der Waals surface area contributed by atoms with Crippen LogP contribution < -0.4 is 4.90 Å². The zero-order valence-corrected chi connectivity index (χ0v) is 21.9. The van der Waals surface area contributed by atoms with Gasteiger partial charge in [-0.15, -0.1) is 0 Å². The quantitative estimate of drug-likeness (QED) is 0.237. The van der Waals surface area contributed by atoms with Crippen molar-refractivity contribution in [2.45, 2.75) is 43.6 Å². The third-order valence-electron chi connectivity index (χ3n) is 7.13. The molecule has 1 amide bonds. The van der Waals surface area contributed by atoms with Gasteiger partial charge in [0.1, 0.15) is 5.69 Å². The molecule has 38 heavy (non-hydrogen) atoms. The van der Waals surface area contributed by atoms with E-state index in [0.717, 1.165) is 10.5 Å². The minimum Gasteiger partial charge on any atom is -0.468 e. The number of anilines is 1. The number of carboxylic acid groups (broad SMARTS) is 1. The van der Waals surface area contributed by atoms with Crippen molar-refractivity contribution in [3.63, 3.8) is 0 Å². The average Bonchev–Trinajstić information content (AvgIpc) is 2.88. The standard InChI is InChI=1S/C24H24Cl2N6O6/c1-38-21(33)24(7-2-3-14-4-5-15(25)11-17(14)24)12-18-19(32(36)37)20(29-22(26)28-18)30-9-10-31(23(34)35)16(13-30)6-8-27/h4-5,11,16H,2-3,6-7,9-10,12-13H2,1H3,(H,34,35)/t16-,24?/m0/s1. The summed E-state index contributed by atoms with van der Waals surface area (Å²) in [5, 5.41) is 31.3. The van der Waals surface area contributed by atoms with Crippen LogP contribution in [0.4, 0.5) is 16.3 Å². The summed E-state index contributed by atoms with van der Waals surface area (Å²) >= 11 is 12.5. The van der Waals surface area contributed by atoms with Gasteiger partial charge >= 0.3 is 17.7 Å². The van der Waals surface area contributed by atoms with E-state index in [1.807, 2.05) is 12.1 Å². The lowest BCUT2D eigenvalue weighted by Gasteiger charge is -2.39. The summed E-state index contributed by atoms with van der Waals surface area (Å²) in [7, 11) is 1.26. The molecule has 2 aliphatic rings. The van der Waals surface area contributed by atoms with Crippen molar-refractivity contribution >= 4 is 46.8 Å². The molecule has 0 saturated carbocycles. The number of benzene rings is 1. The number of piperazine rings is 1. The fourth-order valence-electron chi connectivity index (χ4n) is 5.45. The normalized spacial score (nSPS) is 20.8. The fourth-order valence-corrected chi connectivity index (χ4v) is 5.80. The number of nitriles is 1. The second-order valence-electron chi connectivity index (χ2n) is 9.21. The maximum atomic E-state index is 13.3. The molecule has 0 radical (unpaired) electrons. The SMILES string of the molecule is COC(=O)C1(Cc2nc(Cl)nc(N3CCN(C(=O)O)[C@@H](CC#N)C3)c2[N+](=O)[O-])CCCc2ccc(Cl)cc21. The summed E-state index contributed by atoms with van der Waals surface area (Å²) < 4.78 is 5.18. The van der Waals surface area contributed by atoms with E-state index >= 15 is 0 Å². The maximum Gasteiger partial charge on any atom is 0.407 e. The van der Waals surface area contributed by atoms with Crippen LogP contribution in [0.2, 0.25) is 10.3 Å². The van der Waals surface area contributed by atoms with E-state index in [1.54, 1.807) is 12.1 Å². The number of hydrogen-bond acceptors (Lipinski definition) is 9. The third-order valence-corrected chi connectivity index (χ3v) is 7.53. The molecular formula is C24H24Cl2N6O6. The van der Waals surface area contributed by atoms with Crippen LogP contribution >= 0.6 is 23.2 Å². The van der Waals surface area contributed by atoms with Gasteiger partial charge in [-0.05, 0) is 54.1 Å². The van der Waals surface area contributed by atoms with Gasteiger partial charge in [0, 0.05) is 31.1 Å². The Balaban J connectivity index is 1.83. The van der Waals surface area contributed by atoms with E-state index in [-0.39, 0.29) is 49.3 Å². The first-order valence-electron chi connectivity index (χ1n) is 11.8. The molecule has 2 heterocycles. The second-order valence-corrected chi connectivity index (χ2v) is 9.99. The number of rotatable bonds is 6. The molecule has 1 aliphatic carbocycles. The van der Waals surface area contributed by atoms with Gasteiger partial charge < -0.3 is 19.6 Å². The number of nitrogens with zero attached hydrogens (tertiary/aromatic N) is 6. The molecule has 12 nitrogen and oxygen atoms in total. The maximum absolute atomic E-state index is 13.3. The van der Waals surface area contributed by atoms with Crippen LogP contribution in [0, 0.1) is 21.4 Å². The first kappa shape index (κ1) is 27.3. The number of nitro groups is 1. The van der Waals surface area contributed by atoms with E-state index in [1.165, 1.54) is 12.0 Å². The molecule has 1 aromatic carbocycles. The molecule has 1 aromatic heterocycles. The topological polar surface area (TPSA) is 163 Å². The first-order chi connectivity index (χ1) is 18.1. The number of esters is 1. The van der Waals surface area contributed by atoms with Crippen molar-refractivity contribution in [3.05, 3.63) is 55.4 Å². The van der Waals surface area contributed by atoms with Crippen molar-refractivity contribution in [1.29, 1.82) is 5.26 Å². The van der Waals surface area contributed by atoms with E-state index in [9.17, 15) is 30.1 Å². The minimum atomic E-state index is -1.29. The van der Waals surface area contributed by atoms with Crippen LogP contribution in [-0.4, -0.2) is 69.7 Å². The van der Waals surface area contributed by atoms with Gasteiger partial charge in [-0.3, -0.25) is 14.9 Å². The molecule has 4 rings (SSSR count). The molecule has 1 saturated heterocycles. The number of hydrogen-bond donors (Lipinski definition) is 1. The number of fused-ring (bicyclic) bond motifs is 1. The lowest BCUT2D eigenvalue weighted by atomic mass is 9.67. The Hall–Kier alpha value is -3.69. The summed E-state index contributed by atoms with van der Waals surface area (Å²) in [5.41, 5.74) is -0.277. The molecule has 1 unspecified atom stereocenters. The Morgan fingerprint density at radius 2 is 2.11 bits per heavy atom. The lowest BCUT2D eigenvalue weighted by molar-refractivity contribution is -0.385. The average molecular weight is 563 g/mol. The van der Waals surface area contributed by atoms with E-state index in [0.29, 0.717) is 29.8 Å². The molecule has 0 spiro atoms. The lowest BCUT2D eigenvalue weighted by Crippen LogP contribution is -2.55. The number of aryl methyl sites for hydroxylation is 1. The molecule has 1 aliphatic heterocycles. The summed E-state index contributed by atoms with van der Waals surface area (Å²) in [6.45, 7) is 0.0876. The Labute approximate surface area is 227 Å². The highest BCUT2D eigenvalue weighted by Gasteiger charge is 2.47. The van der Waals surface area contributed by atoms with Crippen LogP contribution in [-0.2, 0) is 27.8 Å². The van der Waals surface area contributed by atoms with Crippen LogP contribution in [0.15, 0.2) is 18.2 Å². The number of carbonyl (C=O) groups is 2. The molecule has 1 N–H and O–H groups in total. The predicted octanol–water partition coefficient (Wildman–Crippen LogP) is 3.76. The van der Waals surface area contributed by atoms with E-state index < -0.39 is 34.1 Å². The second kappa shape index (κ2) is 11.0. The van der Waals surface area contributed by atoms with Crippen molar-refractivity contribution in [2.75, 3.05) is 31.6 Å². The minimum absolute atomic E-state index is 0.00588. The number of aromatic nitrogens is 2. The van der Waals surface area contributed by atoms with Gasteiger partial charge in [-0.2, -0.15) is 10.2 Å². The Morgan fingerprint density at radius 3 is 2.76 bits per heavy atom. The van der Waals surface area contributed by atoms with Gasteiger partial charge in [-0.1, -0.05) is 17.7 Å². The molecule has 0 bridgehead atoms. The van der Waals surface area contributed by atoms with Crippen molar-refractivity contribution in [3.8, 4) is 6.07 Å². The van der Waals surface area contributed by atoms with Gasteiger partial charge in [-0.25, -0.2) is 9.78 Å². The van der Waals surface area contributed by atoms with Crippen LogP contribution in [0.5, 0.6) is 0 Å². The molecule has 14 heteroatoms. The largest absolute Gasteiger partial charge is 0.468 e. The van der Waals surface area contributed by atoms with Gasteiger partial charge in [0.05, 0.1) is 36.0 Å². The molecule has 200 valence electrons. The summed E-state index contributed by atoms with van der Waals surface area (Å²) in [6.07, 6.45) is 0.215. The van der Waals surface area contributed by atoms with E-state index in [4.69, 9.17) is 27.9 Å². The highest BCUT2D eigenvalue weighted by Crippen LogP contribution is 2.44. The number of methoxy groups -OCH3 is 1. The number of ether oxygens (including phenoxy) is 1. The van der Waals surface area contributed by atoms with Crippen LogP contribution in [0.25, 0.3) is 0 Å². The van der Waals surface area contributed by atoms with Crippen molar-refractivity contribution in [2.24, 2.45) is 0 Å². The Bertz CT molecular complexity index is 1330. The molecule has 1 fully saturated rings. The number of carbonyl (C=O) groups excluding carboxylic acids is 1. The van der Waals surface area contributed by atoms with Crippen LogP contribution in [0.3, 0.4) is 0 Å². The predicted molar refractivity (Wildman–Crippen MR) is 136 cm³/mol. The molecule has 2 aromatic rings. The molecule has 2 atom stereocenters. The van der Waals surface area contributed by atoms with Crippen LogP contribution in [0.1, 0.15) is 36.1 Å².